The lowest BCUT2D eigenvalue weighted by molar-refractivity contribution is 0.0121. The number of carboxylic acids is 1. The Morgan fingerprint density at radius 2 is 0.929 bits per heavy atom. The van der Waals surface area contributed by atoms with Gasteiger partial charge in [-0.1, -0.05) is 0 Å². The molecule has 0 spiro atoms. The second-order valence-corrected chi connectivity index (χ2v) is 23.5. The van der Waals surface area contributed by atoms with Crippen LogP contribution in [0.2, 0.25) is 0 Å². The van der Waals surface area contributed by atoms with Gasteiger partial charge in [-0.15, -0.1) is 0 Å². The Labute approximate surface area is 508 Å². The van der Waals surface area contributed by atoms with Crippen LogP contribution in [0.1, 0.15) is 103 Å². The second kappa shape index (κ2) is 29.5. The molecule has 0 radical (unpaired) electrons. The number of carbonyl (C=O) groups is 9. The van der Waals surface area contributed by atoms with E-state index in [9.17, 15) is 43.2 Å². The van der Waals surface area contributed by atoms with Crippen LogP contribution < -0.4 is 15.1 Å². The maximum Gasteiger partial charge on any atom is 0.410 e. The summed E-state index contributed by atoms with van der Waals surface area (Å²) in [5.74, 6) is -2.42. The van der Waals surface area contributed by atoms with Crippen molar-refractivity contribution in [2.75, 3.05) is 96.6 Å². The average Bonchev–Trinajstić information content (AvgIpc) is 3.38. The molecule has 3 unspecified atom stereocenters. The number of esters is 3. The third-order valence-electron chi connectivity index (χ3n) is 13.4. The van der Waals surface area contributed by atoms with Gasteiger partial charge in [-0.05, 0) is 141 Å². The number of nitrogens with zero attached hydrogens (tertiary/aromatic N) is 11. The van der Waals surface area contributed by atoms with Crippen LogP contribution in [-0.2, 0) is 23.7 Å². The van der Waals surface area contributed by atoms with Gasteiger partial charge < -0.3 is 58.6 Å². The minimum atomic E-state index is -1.01. The minimum absolute atomic E-state index is 0.0289. The number of methoxy groups -OCH3 is 3. The smallest absolute Gasteiger partial charge is 0.410 e. The highest BCUT2D eigenvalue weighted by atomic mass is 79.9. The number of halogens is 2. The molecule has 0 aromatic carbocycles. The van der Waals surface area contributed by atoms with E-state index in [0.717, 1.165) is 34.0 Å². The molecule has 3 atom stereocenters. The van der Waals surface area contributed by atoms with Crippen LogP contribution in [0.25, 0.3) is 0 Å². The number of amides is 8. The predicted molar refractivity (Wildman–Crippen MR) is 313 cm³/mol. The van der Waals surface area contributed by atoms with Crippen LogP contribution in [0.3, 0.4) is 0 Å². The van der Waals surface area contributed by atoms with E-state index >= 15 is 0 Å². The Morgan fingerprint density at radius 3 is 1.33 bits per heavy atom. The van der Waals surface area contributed by atoms with E-state index in [1.54, 1.807) is 78.2 Å². The molecule has 85 heavy (non-hydrogen) atoms. The Morgan fingerprint density at radius 1 is 0.518 bits per heavy atom. The summed E-state index contributed by atoms with van der Waals surface area (Å²) in [6.07, 6.45) is 8.70. The Bertz CT molecular complexity index is 3020. The van der Waals surface area contributed by atoms with Crippen molar-refractivity contribution in [2.24, 2.45) is 0 Å². The van der Waals surface area contributed by atoms with Crippen LogP contribution >= 0.6 is 31.9 Å². The van der Waals surface area contributed by atoms with E-state index < -0.39 is 35.1 Å². The zero-order chi connectivity index (χ0) is 62.3. The summed E-state index contributed by atoms with van der Waals surface area (Å²) >= 11 is 6.34. The third-order valence-corrected chi connectivity index (χ3v) is 14.3. The van der Waals surface area contributed by atoms with Crippen molar-refractivity contribution in [2.45, 2.75) is 90.1 Å². The number of rotatable bonds is 6. The van der Waals surface area contributed by atoms with Crippen molar-refractivity contribution in [3.05, 3.63) is 105 Å². The summed E-state index contributed by atoms with van der Waals surface area (Å²) < 4.78 is 26.1. The summed E-state index contributed by atoms with van der Waals surface area (Å²) in [7, 11) is 3.93. The van der Waals surface area contributed by atoms with Crippen molar-refractivity contribution < 1.29 is 71.9 Å². The topological polar surface area (TPSA) is 306 Å². The maximum absolute atomic E-state index is 12.7. The summed E-state index contributed by atoms with van der Waals surface area (Å²) in [4.78, 5) is 132. The molecule has 10 rings (SSSR count). The minimum Gasteiger partial charge on any atom is -0.477 e. The number of carbonyl (C=O) groups excluding carboxylic acids is 8. The number of anilines is 2. The fourth-order valence-corrected chi connectivity index (χ4v) is 9.73. The van der Waals surface area contributed by atoms with Crippen molar-refractivity contribution in [1.82, 2.24) is 49.8 Å². The van der Waals surface area contributed by atoms with Gasteiger partial charge in [0, 0.05) is 86.8 Å². The van der Waals surface area contributed by atoms with Crippen LogP contribution in [0.15, 0.2) is 82.3 Å². The number of carboxylic acid groups (broad SMARTS) is 1. The molecule has 10 heterocycles. The molecule has 6 aliphatic rings. The van der Waals surface area contributed by atoms with E-state index in [1.807, 2.05) is 46.4 Å². The monoisotopic (exact) mass is 1310 g/mol. The van der Waals surface area contributed by atoms with Crippen molar-refractivity contribution in [3.8, 4) is 0 Å². The number of hydrogen-bond donors (Lipinski definition) is 2. The normalized spacial score (nSPS) is 18.6. The van der Waals surface area contributed by atoms with E-state index in [2.05, 4.69) is 71.3 Å². The molecule has 27 nitrogen and oxygen atoms in total. The molecule has 6 saturated heterocycles. The zero-order valence-corrected chi connectivity index (χ0v) is 51.9. The van der Waals surface area contributed by atoms with Gasteiger partial charge in [-0.25, -0.2) is 63.1 Å². The molecule has 0 aliphatic carbocycles. The van der Waals surface area contributed by atoms with E-state index in [-0.39, 0.29) is 59.4 Å². The summed E-state index contributed by atoms with van der Waals surface area (Å²) in [5, 5.41) is 11.2. The Balaban J connectivity index is 0.000000178. The number of ether oxygens (including phenoxy) is 5. The number of fused-ring (bicyclic) bond motifs is 3. The number of piperazine rings is 2. The predicted octanol–water partition coefficient (Wildman–Crippen LogP) is 7.20. The average molecular weight is 1310 g/mol. The molecule has 29 heteroatoms. The molecule has 4 aromatic heterocycles. The van der Waals surface area contributed by atoms with E-state index in [0.29, 0.717) is 76.3 Å². The SMILES string of the molecule is CC(C)(C)OC(=O)N1CCN2C(=O)NCC2C1.COC(=O)c1ccc(Br)cn1.COC(=O)c1ccc(N2CC3CCCCN3C2=O)cn1.COC(=O)c1ccc(N2CC3CN(C(=O)OC(C)(C)C)CCN3C2=O)cn1.O=C(O)c1ccc(Br)cn1. The molecule has 458 valence electrons. The zero-order valence-electron chi connectivity index (χ0n) is 48.7. The third kappa shape index (κ3) is 18.4. The number of urea groups is 3. The largest absolute Gasteiger partial charge is 0.477 e. The van der Waals surface area contributed by atoms with Gasteiger partial charge in [0.1, 0.15) is 34.0 Å². The fraction of sp³-hybridized carbons (Fsp3) is 0.482. The molecule has 4 aromatic rings. The van der Waals surface area contributed by atoms with Gasteiger partial charge in [0.2, 0.25) is 0 Å². The molecule has 0 bridgehead atoms. The van der Waals surface area contributed by atoms with Gasteiger partial charge in [-0.2, -0.15) is 0 Å². The number of hydrogen-bond acceptors (Lipinski definition) is 18. The summed E-state index contributed by atoms with van der Waals surface area (Å²) in [6.45, 7) is 16.6. The first kappa shape index (κ1) is 65.9. The Hall–Kier alpha value is -8.21. The number of aromatic carboxylic acids is 1. The van der Waals surface area contributed by atoms with Gasteiger partial charge in [-0.3, -0.25) is 9.80 Å². The highest BCUT2D eigenvalue weighted by Gasteiger charge is 2.44. The molecule has 0 saturated carbocycles. The number of aromatic nitrogens is 4. The van der Waals surface area contributed by atoms with Crippen molar-refractivity contribution in [3.63, 3.8) is 0 Å². The van der Waals surface area contributed by atoms with E-state index in [1.165, 1.54) is 52.3 Å². The molecular weight excluding hydrogens is 1240 g/mol. The first-order chi connectivity index (χ1) is 40.2. The van der Waals surface area contributed by atoms with E-state index in [4.69, 9.17) is 14.6 Å². The summed E-state index contributed by atoms with van der Waals surface area (Å²) in [5.41, 5.74) is 1.11. The number of piperidine rings is 1. The molecular formula is C56H70Br2N12O15. The van der Waals surface area contributed by atoms with Crippen LogP contribution in [0.4, 0.5) is 35.3 Å². The van der Waals surface area contributed by atoms with Gasteiger partial charge in [0.05, 0.1) is 63.2 Å². The van der Waals surface area contributed by atoms with Crippen molar-refractivity contribution >= 4 is 97.4 Å². The number of pyridine rings is 4. The molecule has 2 N–H and O–H groups in total. The Kier molecular flexibility index (Phi) is 22.9. The lowest BCUT2D eigenvalue weighted by atomic mass is 10.0. The first-order valence-corrected chi connectivity index (χ1v) is 28.6. The highest BCUT2D eigenvalue weighted by molar-refractivity contribution is 9.10. The van der Waals surface area contributed by atoms with Crippen molar-refractivity contribution in [1.29, 1.82) is 0 Å². The quantitative estimate of drug-likeness (QED) is 0.142. The first-order valence-electron chi connectivity index (χ1n) is 27.0. The van der Waals surface area contributed by atoms with Crippen LogP contribution in [0, 0.1) is 0 Å². The highest BCUT2D eigenvalue weighted by Crippen LogP contribution is 2.30. The van der Waals surface area contributed by atoms with Gasteiger partial charge in [0.25, 0.3) is 0 Å². The molecule has 6 aliphatic heterocycles. The fourth-order valence-electron chi connectivity index (χ4n) is 9.26. The lowest BCUT2D eigenvalue weighted by Gasteiger charge is -2.37. The summed E-state index contributed by atoms with van der Waals surface area (Å²) in [6, 6.07) is 13.1. The number of nitrogens with one attached hydrogen (secondary N) is 1. The molecule has 6 fully saturated rings. The van der Waals surface area contributed by atoms with Crippen LogP contribution in [0.5, 0.6) is 0 Å². The maximum atomic E-state index is 12.7. The lowest BCUT2D eigenvalue weighted by Crippen LogP contribution is -2.54. The van der Waals surface area contributed by atoms with Gasteiger partial charge in [0.15, 0.2) is 0 Å². The van der Waals surface area contributed by atoms with Gasteiger partial charge >= 0.3 is 54.2 Å². The standard InChI is InChI=1S/C18H24N4O5.C14H17N3O3.C11H19N3O3.C7H6BrNO2.C6H4BrNO2/c1-18(2,3)27-17(25)20-7-8-21-13(10-20)11-22(16(21)24)12-5-6-14(19-9-12)15(23)26-4;1-20-13(18)12-6-5-10(8-15-12)17-9-11-4-2-3-7-16(11)14(17)19;1-11(2,3)17-10(16)13-4-5-14-8(7-13)6-12-9(14)15;1-11-7(10)6-3-2-5(8)4-9-6;7-4-1-2-5(6(9)10)8-3-4/h5-6,9,13H,7-8,10-11H2,1-4H3;5-6,8,11H,2-4,7,9H2,1H3;8H,4-7H2,1-3H3,(H,12,15);2-4H,1H3;1-3H,(H,9,10). The van der Waals surface area contributed by atoms with Crippen LogP contribution in [-0.4, -0.2) is 220 Å². The second-order valence-electron chi connectivity index (χ2n) is 21.7. The molecule has 8 amide bonds.